The maximum absolute atomic E-state index is 12.4. The Kier molecular flexibility index (Phi) is 4.65. The first-order valence-corrected chi connectivity index (χ1v) is 8.27. The van der Waals surface area contributed by atoms with Crippen molar-refractivity contribution >= 4 is 11.6 Å². The van der Waals surface area contributed by atoms with Crippen LogP contribution in [0.1, 0.15) is 24.5 Å². The molecular weight excluding hydrogens is 284 g/mol. The first-order valence-electron chi connectivity index (χ1n) is 8.27. The Morgan fingerprint density at radius 2 is 1.83 bits per heavy atom. The molecule has 1 amide bonds. The molecule has 1 aliphatic rings. The van der Waals surface area contributed by atoms with Gasteiger partial charge >= 0.3 is 0 Å². The van der Waals surface area contributed by atoms with Crippen molar-refractivity contribution in [3.05, 3.63) is 65.7 Å². The molecule has 2 aromatic carbocycles. The van der Waals surface area contributed by atoms with Crippen molar-refractivity contribution < 1.29 is 4.79 Å². The van der Waals surface area contributed by atoms with Crippen molar-refractivity contribution in [2.75, 3.05) is 18.5 Å². The number of fused-ring (bicyclic) bond motifs is 1. The van der Waals surface area contributed by atoms with E-state index in [0.717, 1.165) is 13.0 Å². The van der Waals surface area contributed by atoms with Crippen molar-refractivity contribution in [2.45, 2.75) is 32.4 Å². The molecule has 3 nitrogen and oxygen atoms in total. The van der Waals surface area contributed by atoms with Gasteiger partial charge in [-0.05, 0) is 30.5 Å². The van der Waals surface area contributed by atoms with Gasteiger partial charge in [-0.15, -0.1) is 0 Å². The number of hydrogen-bond acceptors (Lipinski definition) is 2. The lowest BCUT2D eigenvalue weighted by Gasteiger charge is -2.26. The summed E-state index contributed by atoms with van der Waals surface area (Å²) in [6.07, 6.45) is 1.63. The molecule has 0 saturated heterocycles. The molecule has 0 radical (unpaired) electrons. The fourth-order valence-electron chi connectivity index (χ4n) is 3.32. The number of carbonyl (C=O) groups is 1. The Balaban J connectivity index is 1.57. The van der Waals surface area contributed by atoms with E-state index in [0.29, 0.717) is 19.0 Å². The number of nitrogens with zero attached hydrogens (tertiary/aromatic N) is 2. The molecule has 3 heteroatoms. The van der Waals surface area contributed by atoms with Crippen LogP contribution in [0.25, 0.3) is 0 Å². The predicted octanol–water partition coefficient (Wildman–Crippen LogP) is 3.49. The summed E-state index contributed by atoms with van der Waals surface area (Å²) < 4.78 is 0. The van der Waals surface area contributed by atoms with Crippen molar-refractivity contribution in [2.24, 2.45) is 0 Å². The Morgan fingerprint density at radius 1 is 1.13 bits per heavy atom. The highest BCUT2D eigenvalue weighted by Gasteiger charge is 2.25. The number of amides is 1. The van der Waals surface area contributed by atoms with Crippen LogP contribution in [0.5, 0.6) is 0 Å². The molecule has 3 rings (SSSR count). The zero-order valence-corrected chi connectivity index (χ0v) is 13.9. The molecule has 0 fully saturated rings. The summed E-state index contributed by atoms with van der Waals surface area (Å²) in [7, 11) is 1.89. The fraction of sp³-hybridized carbons (Fsp3) is 0.350. The van der Waals surface area contributed by atoms with E-state index in [1.54, 1.807) is 0 Å². The van der Waals surface area contributed by atoms with Crippen LogP contribution in [0.3, 0.4) is 0 Å². The summed E-state index contributed by atoms with van der Waals surface area (Å²) in [6.45, 7) is 3.69. The van der Waals surface area contributed by atoms with Gasteiger partial charge in [0.2, 0.25) is 5.91 Å². The molecule has 0 N–H and O–H groups in total. The molecule has 2 aromatic rings. The fourth-order valence-corrected chi connectivity index (χ4v) is 3.32. The van der Waals surface area contributed by atoms with Crippen LogP contribution < -0.4 is 4.90 Å². The van der Waals surface area contributed by atoms with E-state index in [9.17, 15) is 4.79 Å². The Hall–Kier alpha value is -2.29. The van der Waals surface area contributed by atoms with Gasteiger partial charge < -0.3 is 9.80 Å². The van der Waals surface area contributed by atoms with E-state index >= 15 is 0 Å². The Bertz CT molecular complexity index is 668. The number of rotatable bonds is 5. The van der Waals surface area contributed by atoms with E-state index in [1.807, 2.05) is 30.1 Å². The van der Waals surface area contributed by atoms with Gasteiger partial charge in [0, 0.05) is 38.3 Å². The molecule has 120 valence electrons. The first kappa shape index (κ1) is 15.6. The normalized spacial score (nSPS) is 16.3. The van der Waals surface area contributed by atoms with Gasteiger partial charge in [0.25, 0.3) is 0 Å². The lowest BCUT2D eigenvalue weighted by atomic mass is 10.1. The van der Waals surface area contributed by atoms with E-state index in [-0.39, 0.29) is 5.91 Å². The molecule has 1 atom stereocenters. The SMILES string of the molecule is CC1Cc2ccccc2N1CCC(=O)N(C)Cc1ccccc1. The average Bonchev–Trinajstić information content (AvgIpc) is 2.88. The molecular formula is C20H24N2O. The van der Waals surface area contributed by atoms with Crippen LogP contribution in [-0.2, 0) is 17.8 Å². The summed E-state index contributed by atoms with van der Waals surface area (Å²) in [4.78, 5) is 16.6. The van der Waals surface area contributed by atoms with Crippen LogP contribution in [0, 0.1) is 0 Å². The van der Waals surface area contributed by atoms with Gasteiger partial charge in [-0.3, -0.25) is 4.79 Å². The van der Waals surface area contributed by atoms with Crippen LogP contribution >= 0.6 is 0 Å². The topological polar surface area (TPSA) is 23.6 Å². The second kappa shape index (κ2) is 6.86. The molecule has 0 saturated carbocycles. The molecule has 0 spiro atoms. The standard InChI is InChI=1S/C20H24N2O/c1-16-14-18-10-6-7-11-19(18)22(16)13-12-20(23)21(2)15-17-8-4-3-5-9-17/h3-11,16H,12-15H2,1-2H3. The quantitative estimate of drug-likeness (QED) is 0.844. The first-order chi connectivity index (χ1) is 11.1. The molecule has 0 aliphatic carbocycles. The van der Waals surface area contributed by atoms with E-state index in [2.05, 4.69) is 48.2 Å². The highest BCUT2D eigenvalue weighted by Crippen LogP contribution is 2.31. The van der Waals surface area contributed by atoms with Crippen LogP contribution in [0.2, 0.25) is 0 Å². The minimum Gasteiger partial charge on any atom is -0.368 e. The molecule has 1 unspecified atom stereocenters. The second-order valence-corrected chi connectivity index (χ2v) is 6.36. The van der Waals surface area contributed by atoms with E-state index in [1.165, 1.54) is 16.8 Å². The van der Waals surface area contributed by atoms with Gasteiger partial charge in [-0.2, -0.15) is 0 Å². The van der Waals surface area contributed by atoms with Gasteiger partial charge in [0.15, 0.2) is 0 Å². The third-order valence-electron chi connectivity index (χ3n) is 4.60. The average molecular weight is 308 g/mol. The molecule has 1 heterocycles. The zero-order chi connectivity index (χ0) is 16.2. The maximum Gasteiger partial charge on any atom is 0.224 e. The zero-order valence-electron chi connectivity index (χ0n) is 13.9. The summed E-state index contributed by atoms with van der Waals surface area (Å²) >= 11 is 0. The third-order valence-corrected chi connectivity index (χ3v) is 4.60. The largest absolute Gasteiger partial charge is 0.368 e. The van der Waals surface area contributed by atoms with Gasteiger partial charge in [0.05, 0.1) is 0 Å². The summed E-state index contributed by atoms with van der Waals surface area (Å²) in [5, 5.41) is 0. The lowest BCUT2D eigenvalue weighted by Crippen LogP contribution is -2.34. The van der Waals surface area contributed by atoms with Crippen molar-refractivity contribution in [1.82, 2.24) is 4.90 Å². The third kappa shape index (κ3) is 3.55. The lowest BCUT2D eigenvalue weighted by molar-refractivity contribution is -0.130. The van der Waals surface area contributed by atoms with Crippen molar-refractivity contribution in [1.29, 1.82) is 0 Å². The number of hydrogen-bond donors (Lipinski definition) is 0. The minimum atomic E-state index is 0.199. The number of carbonyl (C=O) groups excluding carboxylic acids is 1. The predicted molar refractivity (Wildman–Crippen MR) is 94.5 cm³/mol. The number of para-hydroxylation sites is 1. The molecule has 23 heavy (non-hydrogen) atoms. The number of benzene rings is 2. The van der Waals surface area contributed by atoms with Gasteiger partial charge in [-0.1, -0.05) is 48.5 Å². The Morgan fingerprint density at radius 3 is 2.61 bits per heavy atom. The molecule has 1 aliphatic heterocycles. The van der Waals surface area contributed by atoms with Gasteiger partial charge in [-0.25, -0.2) is 0 Å². The van der Waals surface area contributed by atoms with Crippen molar-refractivity contribution in [3.63, 3.8) is 0 Å². The van der Waals surface area contributed by atoms with Crippen LogP contribution in [-0.4, -0.2) is 30.4 Å². The van der Waals surface area contributed by atoms with Gasteiger partial charge in [0.1, 0.15) is 0 Å². The summed E-state index contributed by atoms with van der Waals surface area (Å²) in [5.41, 5.74) is 3.85. The Labute approximate surface area is 138 Å². The second-order valence-electron chi connectivity index (χ2n) is 6.36. The summed E-state index contributed by atoms with van der Waals surface area (Å²) in [5.74, 6) is 0.199. The van der Waals surface area contributed by atoms with Crippen molar-refractivity contribution in [3.8, 4) is 0 Å². The molecule has 0 aromatic heterocycles. The summed E-state index contributed by atoms with van der Waals surface area (Å²) in [6, 6.07) is 19.1. The van der Waals surface area contributed by atoms with E-state index in [4.69, 9.17) is 0 Å². The minimum absolute atomic E-state index is 0.199. The van der Waals surface area contributed by atoms with Crippen LogP contribution in [0.15, 0.2) is 54.6 Å². The highest BCUT2D eigenvalue weighted by molar-refractivity contribution is 5.76. The number of anilines is 1. The maximum atomic E-state index is 12.4. The smallest absolute Gasteiger partial charge is 0.224 e. The molecule has 0 bridgehead atoms. The monoisotopic (exact) mass is 308 g/mol. The highest BCUT2D eigenvalue weighted by atomic mass is 16.2. The van der Waals surface area contributed by atoms with Crippen LogP contribution in [0.4, 0.5) is 5.69 Å². The van der Waals surface area contributed by atoms with E-state index < -0.39 is 0 Å².